The number of sulfonamides is 1. The molecule has 1 N–H and O–H groups in total. The average molecular weight is 479 g/mol. The molecular weight excluding hydrogens is 452 g/mol. The molecule has 7 nitrogen and oxygen atoms in total. The van der Waals surface area contributed by atoms with Gasteiger partial charge in [0.25, 0.3) is 0 Å². The average Bonchev–Trinajstić information content (AvgIpc) is 3.01. The minimum atomic E-state index is -3.58. The molecule has 0 unspecified atom stereocenters. The summed E-state index contributed by atoms with van der Waals surface area (Å²) < 4.78 is 38.8. The van der Waals surface area contributed by atoms with E-state index in [2.05, 4.69) is 5.32 Å². The second-order valence-corrected chi connectivity index (χ2v) is 10.5. The van der Waals surface area contributed by atoms with Gasteiger partial charge >= 0.3 is 0 Å². The number of anilines is 1. The third kappa shape index (κ3) is 5.03. The van der Waals surface area contributed by atoms with E-state index in [1.54, 1.807) is 24.3 Å². The number of piperidine rings is 1. The number of carbonyl (C=O) groups excluding carboxylic acids is 1. The number of benzene rings is 2. The number of hydrogen-bond acceptors (Lipinski definition) is 5. The zero-order valence-corrected chi connectivity index (χ0v) is 19.6. The van der Waals surface area contributed by atoms with Crippen LogP contribution < -0.4 is 14.8 Å². The summed E-state index contributed by atoms with van der Waals surface area (Å²) in [6.45, 7) is 3.95. The Labute approximate surface area is 193 Å². The van der Waals surface area contributed by atoms with Crippen LogP contribution in [-0.2, 0) is 21.2 Å². The maximum atomic E-state index is 13.0. The predicted octanol–water partition coefficient (Wildman–Crippen LogP) is 4.17. The van der Waals surface area contributed by atoms with Gasteiger partial charge < -0.3 is 14.8 Å². The summed E-state index contributed by atoms with van der Waals surface area (Å²) in [4.78, 5) is 13.0. The van der Waals surface area contributed by atoms with Crippen LogP contribution in [0.3, 0.4) is 0 Å². The van der Waals surface area contributed by atoms with E-state index in [1.165, 1.54) is 10.4 Å². The van der Waals surface area contributed by atoms with Crippen LogP contribution in [0.2, 0.25) is 5.02 Å². The van der Waals surface area contributed by atoms with Crippen molar-refractivity contribution in [1.82, 2.24) is 4.31 Å². The molecule has 4 rings (SSSR count). The summed E-state index contributed by atoms with van der Waals surface area (Å²) in [6.07, 6.45) is 3.61. The molecule has 2 heterocycles. The van der Waals surface area contributed by atoms with E-state index in [4.69, 9.17) is 21.1 Å². The third-order valence-corrected chi connectivity index (χ3v) is 7.84. The highest BCUT2D eigenvalue weighted by atomic mass is 35.5. The molecule has 1 amide bonds. The maximum Gasteiger partial charge on any atom is 0.243 e. The van der Waals surface area contributed by atoms with Gasteiger partial charge in [-0.25, -0.2) is 8.42 Å². The second kappa shape index (κ2) is 9.68. The highest BCUT2D eigenvalue weighted by molar-refractivity contribution is 7.89. The first kappa shape index (κ1) is 22.9. The van der Waals surface area contributed by atoms with Crippen LogP contribution in [0, 0.1) is 6.92 Å². The Hall–Kier alpha value is -2.29. The van der Waals surface area contributed by atoms with Crippen LogP contribution in [0.15, 0.2) is 35.2 Å². The molecule has 2 aromatic carbocycles. The second-order valence-electron chi connectivity index (χ2n) is 8.12. The summed E-state index contributed by atoms with van der Waals surface area (Å²) in [5.74, 6) is 0.759. The van der Waals surface area contributed by atoms with E-state index < -0.39 is 10.0 Å². The molecule has 1 fully saturated rings. The lowest BCUT2D eigenvalue weighted by Gasteiger charge is -2.26. The van der Waals surface area contributed by atoms with Gasteiger partial charge in [0.05, 0.1) is 29.6 Å². The Bertz CT molecular complexity index is 1110. The van der Waals surface area contributed by atoms with Crippen molar-refractivity contribution in [2.24, 2.45) is 0 Å². The lowest BCUT2D eigenvalue weighted by atomic mass is 10.1. The molecule has 0 aliphatic carbocycles. The van der Waals surface area contributed by atoms with Gasteiger partial charge in [-0.15, -0.1) is 0 Å². The molecule has 1 saturated heterocycles. The van der Waals surface area contributed by atoms with Gasteiger partial charge in [-0.2, -0.15) is 4.31 Å². The van der Waals surface area contributed by atoms with Gasteiger partial charge in [0.2, 0.25) is 15.9 Å². The highest BCUT2D eigenvalue weighted by Crippen LogP contribution is 2.38. The Morgan fingerprint density at radius 3 is 2.59 bits per heavy atom. The monoisotopic (exact) mass is 478 g/mol. The van der Waals surface area contributed by atoms with Gasteiger partial charge in [0.1, 0.15) is 0 Å². The minimum absolute atomic E-state index is 0.0684. The number of fused-ring (bicyclic) bond motifs is 1. The molecule has 2 aliphatic heterocycles. The van der Waals surface area contributed by atoms with Gasteiger partial charge in [-0.3, -0.25) is 4.79 Å². The number of halogens is 1. The molecule has 2 aliphatic rings. The number of carbonyl (C=O) groups is 1. The van der Waals surface area contributed by atoms with Crippen LogP contribution in [0.1, 0.15) is 36.8 Å². The molecule has 0 saturated carbocycles. The van der Waals surface area contributed by atoms with Crippen LogP contribution in [-0.4, -0.2) is 44.9 Å². The smallest absolute Gasteiger partial charge is 0.243 e. The zero-order valence-electron chi connectivity index (χ0n) is 18.0. The van der Waals surface area contributed by atoms with Gasteiger partial charge in [-0.1, -0.05) is 24.1 Å². The molecule has 2 aromatic rings. The number of nitrogens with one attached hydrogen (secondary N) is 1. The van der Waals surface area contributed by atoms with Crippen molar-refractivity contribution in [2.45, 2.75) is 43.9 Å². The summed E-state index contributed by atoms with van der Waals surface area (Å²) in [5.41, 5.74) is 1.95. The molecular formula is C23H27ClN2O5S. The van der Waals surface area contributed by atoms with Crippen LogP contribution in [0.25, 0.3) is 0 Å². The molecule has 0 radical (unpaired) electrons. The van der Waals surface area contributed by atoms with Crippen LogP contribution in [0.4, 0.5) is 5.69 Å². The van der Waals surface area contributed by atoms with Crippen LogP contribution in [0.5, 0.6) is 11.5 Å². The summed E-state index contributed by atoms with van der Waals surface area (Å²) in [5, 5.41) is 3.25. The van der Waals surface area contributed by atoms with Crippen LogP contribution >= 0.6 is 11.6 Å². The first-order valence-electron chi connectivity index (χ1n) is 10.8. The SMILES string of the molecule is Cc1ccc(S(=O)(=O)N2CCCCC2)cc1NC(=O)Cc1cc(Cl)c2c(c1)OCCCO2. The number of amides is 1. The number of aryl methyl sites for hydroxylation is 1. The number of ether oxygens (including phenoxy) is 2. The van der Waals surface area contributed by atoms with Gasteiger partial charge in [-0.05, 0) is 55.2 Å². The van der Waals surface area contributed by atoms with Crippen molar-refractivity contribution in [3.8, 4) is 11.5 Å². The normalized spacial score (nSPS) is 16.9. The Morgan fingerprint density at radius 2 is 1.81 bits per heavy atom. The lowest BCUT2D eigenvalue weighted by Crippen LogP contribution is -2.35. The van der Waals surface area contributed by atoms with Crippen molar-refractivity contribution < 1.29 is 22.7 Å². The lowest BCUT2D eigenvalue weighted by molar-refractivity contribution is -0.115. The van der Waals surface area contributed by atoms with Crippen molar-refractivity contribution in [3.63, 3.8) is 0 Å². The number of hydrogen-bond donors (Lipinski definition) is 1. The van der Waals surface area contributed by atoms with Gasteiger partial charge in [0, 0.05) is 25.2 Å². The fraction of sp³-hybridized carbons (Fsp3) is 0.435. The molecule has 0 spiro atoms. The third-order valence-electron chi connectivity index (χ3n) is 5.66. The Kier molecular flexibility index (Phi) is 6.93. The van der Waals surface area contributed by atoms with Crippen molar-refractivity contribution in [2.75, 3.05) is 31.6 Å². The fourth-order valence-corrected chi connectivity index (χ4v) is 5.75. The van der Waals surface area contributed by atoms with E-state index in [9.17, 15) is 13.2 Å². The summed E-state index contributed by atoms with van der Waals surface area (Å²) >= 11 is 6.33. The zero-order chi connectivity index (χ0) is 22.7. The Balaban J connectivity index is 1.51. The van der Waals surface area contributed by atoms with E-state index in [0.717, 1.165) is 31.2 Å². The van der Waals surface area contributed by atoms with Crippen molar-refractivity contribution >= 4 is 33.2 Å². The van der Waals surface area contributed by atoms with E-state index in [-0.39, 0.29) is 17.2 Å². The molecule has 172 valence electrons. The molecule has 9 heteroatoms. The number of nitrogens with zero attached hydrogens (tertiary/aromatic N) is 1. The Morgan fingerprint density at radius 1 is 1.06 bits per heavy atom. The number of rotatable bonds is 5. The quantitative estimate of drug-likeness (QED) is 0.697. The highest BCUT2D eigenvalue weighted by Gasteiger charge is 2.26. The minimum Gasteiger partial charge on any atom is -0.489 e. The van der Waals surface area contributed by atoms with Crippen molar-refractivity contribution in [3.05, 3.63) is 46.5 Å². The standard InChI is InChI=1S/C23H27ClN2O5S/c1-16-6-7-18(32(28,29)26-8-3-2-4-9-26)15-20(16)25-22(27)14-17-12-19(24)23-21(13-17)30-10-5-11-31-23/h6-7,12-13,15H,2-5,8-11,14H2,1H3,(H,25,27). The summed E-state index contributed by atoms with van der Waals surface area (Å²) in [7, 11) is -3.58. The van der Waals surface area contributed by atoms with E-state index in [1.807, 2.05) is 6.92 Å². The van der Waals surface area contributed by atoms with E-state index in [0.29, 0.717) is 54.1 Å². The maximum absolute atomic E-state index is 13.0. The molecule has 0 aromatic heterocycles. The molecule has 32 heavy (non-hydrogen) atoms. The molecule has 0 atom stereocenters. The first-order chi connectivity index (χ1) is 15.3. The van der Waals surface area contributed by atoms with E-state index >= 15 is 0 Å². The van der Waals surface area contributed by atoms with Gasteiger partial charge in [0.15, 0.2) is 11.5 Å². The topological polar surface area (TPSA) is 84.9 Å². The largest absolute Gasteiger partial charge is 0.489 e. The first-order valence-corrected chi connectivity index (χ1v) is 12.6. The van der Waals surface area contributed by atoms with Crippen molar-refractivity contribution in [1.29, 1.82) is 0 Å². The molecule has 0 bridgehead atoms. The predicted molar refractivity (Wildman–Crippen MR) is 123 cm³/mol. The fourth-order valence-electron chi connectivity index (χ4n) is 3.92. The summed E-state index contributed by atoms with van der Waals surface area (Å²) in [6, 6.07) is 8.31.